The first kappa shape index (κ1) is 32.1. The highest BCUT2D eigenvalue weighted by molar-refractivity contribution is 8.19. The highest BCUT2D eigenvalue weighted by atomic mass is 32.2. The van der Waals surface area contributed by atoms with E-state index in [-0.39, 0.29) is 0 Å². The maximum Gasteiger partial charge on any atom is 0.270 e. The van der Waals surface area contributed by atoms with Gasteiger partial charge in [0.1, 0.15) is 30.3 Å². The van der Waals surface area contributed by atoms with E-state index < -0.39 is 12.1 Å². The second-order valence-corrected chi connectivity index (χ2v) is 7.88. The Bertz CT molecular complexity index is 1030. The number of alkyl halides is 1. The molecule has 1 aromatic carbocycles. The van der Waals surface area contributed by atoms with Gasteiger partial charge in [0.2, 0.25) is 0 Å². The number of aliphatic imine (C=N–C) groups is 2. The number of rotatable bonds is 8. The van der Waals surface area contributed by atoms with Crippen LogP contribution in [0.15, 0.2) is 87.4 Å². The minimum Gasteiger partial charge on any atom is -0.450 e. The van der Waals surface area contributed by atoms with Crippen molar-refractivity contribution in [2.45, 2.75) is 33.9 Å². The zero-order valence-electron chi connectivity index (χ0n) is 21.4. The summed E-state index contributed by atoms with van der Waals surface area (Å²) in [7, 11) is 1.44. The zero-order chi connectivity index (χ0) is 27.3. The summed E-state index contributed by atoms with van der Waals surface area (Å²) in [4.78, 5) is 22.5. The lowest BCUT2D eigenvalue weighted by Crippen LogP contribution is -2.28. The predicted molar refractivity (Wildman–Crippen MR) is 152 cm³/mol. The normalized spacial score (nSPS) is 14.7. The first-order valence-corrected chi connectivity index (χ1v) is 11.7. The summed E-state index contributed by atoms with van der Waals surface area (Å²) in [6.45, 7) is 11.2. The number of allylic oxidation sites excluding steroid dienone is 5. The van der Waals surface area contributed by atoms with Crippen molar-refractivity contribution < 1.29 is 13.9 Å². The molecule has 1 aliphatic rings. The van der Waals surface area contributed by atoms with Crippen LogP contribution in [0.5, 0.6) is 0 Å². The van der Waals surface area contributed by atoms with Crippen molar-refractivity contribution in [3.63, 3.8) is 0 Å². The molecule has 7 nitrogen and oxygen atoms in total. The first-order valence-electron chi connectivity index (χ1n) is 10.9. The highest BCUT2D eigenvalue weighted by Crippen LogP contribution is 2.32. The predicted octanol–water partition coefficient (Wildman–Crippen LogP) is 6.17. The number of amides is 1. The van der Waals surface area contributed by atoms with Gasteiger partial charge in [0.15, 0.2) is 0 Å². The van der Waals surface area contributed by atoms with Gasteiger partial charge in [0, 0.05) is 17.0 Å². The lowest BCUT2D eigenvalue weighted by atomic mass is 10.2. The highest BCUT2D eigenvalue weighted by Gasteiger charge is 2.26. The average molecular weight is 512 g/mol. The molecule has 1 amide bonds. The number of benzene rings is 1. The number of terminal acetylenes is 1. The van der Waals surface area contributed by atoms with Crippen LogP contribution in [0.2, 0.25) is 0 Å². The molecular formula is C27H34FN5O2S. The number of hydrogen-bond donors (Lipinski definition) is 2. The van der Waals surface area contributed by atoms with Gasteiger partial charge in [-0.15, -0.1) is 0 Å². The van der Waals surface area contributed by atoms with E-state index in [0.717, 1.165) is 28.7 Å². The Hall–Kier alpha value is -3.90. The summed E-state index contributed by atoms with van der Waals surface area (Å²) in [5.41, 5.74) is 1.89. The fourth-order valence-electron chi connectivity index (χ4n) is 2.31. The van der Waals surface area contributed by atoms with Crippen LogP contribution in [0.25, 0.3) is 0 Å². The van der Waals surface area contributed by atoms with Gasteiger partial charge in [-0.2, -0.15) is 0 Å². The molecule has 192 valence electrons. The Morgan fingerprint density at radius 1 is 1.36 bits per heavy atom. The molecule has 0 saturated heterocycles. The number of anilines is 1. The molecule has 0 spiro atoms. The van der Waals surface area contributed by atoms with Crippen molar-refractivity contribution in [1.82, 2.24) is 4.90 Å². The van der Waals surface area contributed by atoms with Gasteiger partial charge in [-0.25, -0.2) is 9.38 Å². The van der Waals surface area contributed by atoms with Crippen LogP contribution in [0.1, 0.15) is 27.7 Å². The van der Waals surface area contributed by atoms with E-state index in [2.05, 4.69) is 33.0 Å². The van der Waals surface area contributed by atoms with E-state index in [1.807, 2.05) is 62.4 Å². The Balaban J connectivity index is 0.00000133. The van der Waals surface area contributed by atoms with Crippen molar-refractivity contribution in [3.8, 4) is 12.5 Å². The monoisotopic (exact) mass is 511 g/mol. The Morgan fingerprint density at radius 2 is 1.97 bits per heavy atom. The Kier molecular flexibility index (Phi) is 17.3. The number of methoxy groups -OCH3 is 1. The minimum atomic E-state index is -1.21. The number of nitrogens with one attached hydrogen (secondary N) is 2. The second kappa shape index (κ2) is 19.4. The second-order valence-electron chi connectivity index (χ2n) is 6.85. The average Bonchev–Trinajstić information content (AvgIpc) is 3.25. The van der Waals surface area contributed by atoms with Gasteiger partial charge in [-0.1, -0.05) is 55.1 Å². The molecule has 2 N–H and O–H groups in total. The van der Waals surface area contributed by atoms with E-state index >= 15 is 0 Å². The number of carbonyl (C=O) groups excluding carboxylic acids is 1. The van der Waals surface area contributed by atoms with Gasteiger partial charge in [-0.05, 0) is 52.0 Å². The van der Waals surface area contributed by atoms with Crippen LogP contribution in [0, 0.1) is 17.9 Å². The SMILES string of the molecule is C#COC.C/C=C\C.C=C1C=C(C(=O)N(C=N)/C(C)=C/C(C)F)SC1=N/C=N\CNc1ccccc1. The first-order chi connectivity index (χ1) is 17.2. The van der Waals surface area contributed by atoms with E-state index in [1.165, 1.54) is 26.4 Å². The summed E-state index contributed by atoms with van der Waals surface area (Å²) in [5, 5.41) is 11.1. The fourth-order valence-corrected chi connectivity index (χ4v) is 3.20. The third-order valence-corrected chi connectivity index (χ3v) is 5.13. The third kappa shape index (κ3) is 13.1. The number of thioether (sulfide) groups is 1. The van der Waals surface area contributed by atoms with Crippen LogP contribution >= 0.6 is 11.8 Å². The molecule has 1 heterocycles. The summed E-state index contributed by atoms with van der Waals surface area (Å²) >= 11 is 1.15. The molecule has 1 atom stereocenters. The molecule has 0 saturated carbocycles. The van der Waals surface area contributed by atoms with Gasteiger partial charge < -0.3 is 10.1 Å². The number of nitrogens with zero attached hydrogens (tertiary/aromatic N) is 3. The largest absolute Gasteiger partial charge is 0.450 e. The molecule has 9 heteroatoms. The molecule has 1 aromatic rings. The fraction of sp³-hybridized carbons (Fsp3) is 0.259. The van der Waals surface area contributed by atoms with Gasteiger partial charge in [0.25, 0.3) is 5.91 Å². The van der Waals surface area contributed by atoms with Gasteiger partial charge in [0.05, 0.1) is 18.4 Å². The van der Waals surface area contributed by atoms with E-state index in [1.54, 1.807) is 13.0 Å². The molecule has 1 aliphatic heterocycles. The maximum absolute atomic E-state index is 13.2. The van der Waals surface area contributed by atoms with Crippen molar-refractivity contribution in [1.29, 1.82) is 5.41 Å². The van der Waals surface area contributed by atoms with Gasteiger partial charge >= 0.3 is 0 Å². The van der Waals surface area contributed by atoms with Crippen LogP contribution in [0.4, 0.5) is 10.1 Å². The third-order valence-electron chi connectivity index (χ3n) is 4.05. The summed E-state index contributed by atoms with van der Waals surface area (Å²) in [6, 6.07) is 9.67. The van der Waals surface area contributed by atoms with Crippen LogP contribution in [-0.2, 0) is 9.53 Å². The van der Waals surface area contributed by atoms with E-state index in [9.17, 15) is 9.18 Å². The van der Waals surface area contributed by atoms with Crippen molar-refractivity contribution in [2.75, 3.05) is 19.1 Å². The van der Waals surface area contributed by atoms with Crippen molar-refractivity contribution >= 4 is 41.1 Å². The molecule has 0 aromatic heterocycles. The standard InChI is InChI=1S/C20H22FN5OS.C4H8.C3H4O/c1-14-9-18(20(27)26(11-22)16(3)10-15(2)21)28-19(14)25-13-23-12-24-17-7-5-4-6-8-17;2*1-3-4-2/h4-11,13,15,22,24H,1,12H2,2-3H3;3-4H,1-2H3;1H,2H3/b16-10+,22-11?,23-13-,25-19?;4-3-;. The maximum atomic E-state index is 13.2. The van der Waals surface area contributed by atoms with E-state index in [0.29, 0.717) is 27.9 Å². The Labute approximate surface area is 218 Å². The molecule has 0 fully saturated rings. The quantitative estimate of drug-likeness (QED) is 0.189. The molecule has 0 aliphatic carbocycles. The van der Waals surface area contributed by atoms with E-state index in [4.69, 9.17) is 5.41 Å². The lowest BCUT2D eigenvalue weighted by Gasteiger charge is -2.18. The lowest BCUT2D eigenvalue weighted by molar-refractivity contribution is -0.121. The number of halogens is 1. The molecular weight excluding hydrogens is 477 g/mol. The number of para-hydroxylation sites is 1. The summed E-state index contributed by atoms with van der Waals surface area (Å²) in [6.07, 6.45) is 14.4. The van der Waals surface area contributed by atoms with Crippen molar-refractivity contribution in [2.24, 2.45) is 9.98 Å². The zero-order valence-corrected chi connectivity index (χ0v) is 22.2. The van der Waals surface area contributed by atoms with Crippen LogP contribution in [-0.4, -0.2) is 48.5 Å². The number of ether oxygens (including phenoxy) is 1. The van der Waals surface area contributed by atoms with Crippen LogP contribution < -0.4 is 5.32 Å². The Morgan fingerprint density at radius 3 is 2.47 bits per heavy atom. The molecule has 0 radical (unpaired) electrons. The summed E-state index contributed by atoms with van der Waals surface area (Å²) < 4.78 is 17.2. The minimum absolute atomic E-state index is 0.348. The molecule has 2 rings (SSSR count). The van der Waals surface area contributed by atoms with Gasteiger partial charge in [-0.3, -0.25) is 20.1 Å². The molecule has 0 bridgehead atoms. The topological polar surface area (TPSA) is 90.1 Å². The molecule has 36 heavy (non-hydrogen) atoms. The number of carbonyl (C=O) groups is 1. The number of hydrogen-bond acceptors (Lipinski definition) is 6. The van der Waals surface area contributed by atoms with Crippen LogP contribution in [0.3, 0.4) is 0 Å². The van der Waals surface area contributed by atoms with Crippen molar-refractivity contribution in [3.05, 3.63) is 77.4 Å². The molecule has 1 unspecified atom stereocenters. The summed E-state index contributed by atoms with van der Waals surface area (Å²) in [5.74, 6) is -0.427. The smallest absolute Gasteiger partial charge is 0.270 e.